The lowest BCUT2D eigenvalue weighted by Crippen LogP contribution is -2.39. The minimum absolute atomic E-state index is 0.209. The van der Waals surface area contributed by atoms with Gasteiger partial charge in [0, 0.05) is 13.0 Å². The Kier molecular flexibility index (Phi) is 3.25. The van der Waals surface area contributed by atoms with Crippen molar-refractivity contribution < 1.29 is 9.63 Å². The SMILES string of the molecule is CCN1CC(=NOC)CC1C(N)=O. The van der Waals surface area contributed by atoms with Gasteiger partial charge in [-0.2, -0.15) is 0 Å². The molecule has 5 heteroatoms. The van der Waals surface area contributed by atoms with E-state index < -0.39 is 0 Å². The second-order valence-electron chi connectivity index (χ2n) is 3.03. The fraction of sp³-hybridized carbons (Fsp3) is 0.750. The van der Waals surface area contributed by atoms with E-state index in [0.717, 1.165) is 12.3 Å². The van der Waals surface area contributed by atoms with Gasteiger partial charge in [-0.25, -0.2) is 0 Å². The lowest BCUT2D eigenvalue weighted by Gasteiger charge is -2.17. The van der Waals surface area contributed by atoms with Crippen LogP contribution in [0.5, 0.6) is 0 Å². The minimum atomic E-state index is -0.289. The first-order valence-electron chi connectivity index (χ1n) is 4.31. The number of nitrogens with two attached hydrogens (primary N) is 1. The molecule has 1 fully saturated rings. The maximum atomic E-state index is 11.0. The molecule has 0 bridgehead atoms. The number of carbonyl (C=O) groups is 1. The highest BCUT2D eigenvalue weighted by Crippen LogP contribution is 2.14. The van der Waals surface area contributed by atoms with E-state index in [2.05, 4.69) is 9.99 Å². The fourth-order valence-corrected chi connectivity index (χ4v) is 1.57. The molecule has 0 aromatic heterocycles. The van der Waals surface area contributed by atoms with E-state index >= 15 is 0 Å². The summed E-state index contributed by atoms with van der Waals surface area (Å²) in [6.45, 7) is 3.47. The predicted octanol–water partition coefficient (Wildman–Crippen LogP) is -0.432. The van der Waals surface area contributed by atoms with Crippen molar-refractivity contribution in [3.05, 3.63) is 0 Å². The summed E-state index contributed by atoms with van der Waals surface area (Å²) >= 11 is 0. The number of likely N-dealkylation sites (N-methyl/N-ethyl adjacent to an activating group) is 1. The van der Waals surface area contributed by atoms with Crippen molar-refractivity contribution in [2.45, 2.75) is 19.4 Å². The predicted molar refractivity (Wildman–Crippen MR) is 49.3 cm³/mol. The number of primary amides is 1. The molecule has 0 aromatic carbocycles. The Hall–Kier alpha value is -1.10. The highest BCUT2D eigenvalue weighted by atomic mass is 16.6. The largest absolute Gasteiger partial charge is 0.399 e. The fourth-order valence-electron chi connectivity index (χ4n) is 1.57. The van der Waals surface area contributed by atoms with Gasteiger partial charge in [0.25, 0.3) is 0 Å². The van der Waals surface area contributed by atoms with Crippen LogP contribution < -0.4 is 5.73 Å². The summed E-state index contributed by atoms with van der Waals surface area (Å²) in [6, 6.07) is -0.209. The smallest absolute Gasteiger partial charge is 0.235 e. The molecule has 0 spiro atoms. The van der Waals surface area contributed by atoms with Gasteiger partial charge < -0.3 is 10.6 Å². The van der Waals surface area contributed by atoms with E-state index in [1.54, 1.807) is 0 Å². The van der Waals surface area contributed by atoms with Gasteiger partial charge in [0.2, 0.25) is 5.91 Å². The Bertz CT molecular complexity index is 227. The first kappa shape index (κ1) is 9.98. The number of hydrogen-bond donors (Lipinski definition) is 1. The van der Waals surface area contributed by atoms with Crippen LogP contribution in [-0.2, 0) is 9.63 Å². The molecule has 0 aliphatic carbocycles. The molecular weight excluding hydrogens is 170 g/mol. The quantitative estimate of drug-likeness (QED) is 0.606. The topological polar surface area (TPSA) is 67.9 Å². The molecule has 0 saturated carbocycles. The van der Waals surface area contributed by atoms with Crippen LogP contribution in [-0.4, -0.2) is 42.8 Å². The molecule has 5 nitrogen and oxygen atoms in total. The number of hydrogen-bond acceptors (Lipinski definition) is 4. The molecule has 0 aromatic rings. The summed E-state index contributed by atoms with van der Waals surface area (Å²) in [5, 5.41) is 3.82. The van der Waals surface area contributed by atoms with E-state index in [4.69, 9.17) is 5.73 Å². The average molecular weight is 185 g/mol. The summed E-state index contributed by atoms with van der Waals surface area (Å²) in [4.78, 5) is 17.6. The summed E-state index contributed by atoms with van der Waals surface area (Å²) in [7, 11) is 1.50. The van der Waals surface area contributed by atoms with Crippen LogP contribution >= 0.6 is 0 Å². The Morgan fingerprint density at radius 2 is 2.54 bits per heavy atom. The second-order valence-corrected chi connectivity index (χ2v) is 3.03. The van der Waals surface area contributed by atoms with E-state index in [-0.39, 0.29) is 11.9 Å². The third-order valence-corrected chi connectivity index (χ3v) is 2.21. The van der Waals surface area contributed by atoms with Gasteiger partial charge in [0.15, 0.2) is 0 Å². The number of rotatable bonds is 3. The average Bonchev–Trinajstić information content (AvgIpc) is 2.48. The molecule has 74 valence electrons. The third kappa shape index (κ3) is 2.18. The number of nitrogens with zero attached hydrogens (tertiary/aromatic N) is 2. The van der Waals surface area contributed by atoms with E-state index in [1.165, 1.54) is 7.11 Å². The molecule has 2 N–H and O–H groups in total. The maximum absolute atomic E-state index is 11.0. The van der Waals surface area contributed by atoms with E-state index in [9.17, 15) is 4.79 Å². The van der Waals surface area contributed by atoms with Crippen LogP contribution in [0.25, 0.3) is 0 Å². The van der Waals surface area contributed by atoms with Gasteiger partial charge in [-0.05, 0) is 6.54 Å². The Morgan fingerprint density at radius 1 is 1.85 bits per heavy atom. The van der Waals surface area contributed by atoms with Crippen molar-refractivity contribution in [3.8, 4) is 0 Å². The van der Waals surface area contributed by atoms with Crippen molar-refractivity contribution >= 4 is 11.6 Å². The number of oxime groups is 1. The summed E-state index contributed by atoms with van der Waals surface area (Å²) < 4.78 is 0. The zero-order valence-corrected chi connectivity index (χ0v) is 7.99. The van der Waals surface area contributed by atoms with Crippen molar-refractivity contribution in [3.63, 3.8) is 0 Å². The lowest BCUT2D eigenvalue weighted by atomic mass is 10.2. The Balaban J connectivity index is 2.66. The van der Waals surface area contributed by atoms with Gasteiger partial charge in [-0.3, -0.25) is 9.69 Å². The van der Waals surface area contributed by atoms with Crippen LogP contribution in [0.2, 0.25) is 0 Å². The highest BCUT2D eigenvalue weighted by molar-refractivity contribution is 5.95. The molecule has 1 unspecified atom stereocenters. The normalized spacial score (nSPS) is 26.6. The van der Waals surface area contributed by atoms with Crippen molar-refractivity contribution in [2.75, 3.05) is 20.2 Å². The first-order chi connectivity index (χ1) is 6.19. The molecule has 1 aliphatic heterocycles. The zero-order valence-electron chi connectivity index (χ0n) is 7.99. The monoisotopic (exact) mass is 185 g/mol. The minimum Gasteiger partial charge on any atom is -0.399 e. The van der Waals surface area contributed by atoms with Crippen molar-refractivity contribution in [1.82, 2.24) is 4.90 Å². The molecule has 0 radical (unpaired) electrons. The molecule has 1 aliphatic rings. The maximum Gasteiger partial charge on any atom is 0.235 e. The second kappa shape index (κ2) is 4.23. The number of amides is 1. The van der Waals surface area contributed by atoms with Crippen LogP contribution in [0.4, 0.5) is 0 Å². The molecule has 1 atom stereocenters. The van der Waals surface area contributed by atoms with Crippen molar-refractivity contribution in [1.29, 1.82) is 0 Å². The molecule has 1 saturated heterocycles. The highest BCUT2D eigenvalue weighted by Gasteiger charge is 2.32. The standard InChI is InChI=1S/C8H15N3O2/c1-3-11-5-6(10-13-2)4-7(11)8(9)12/h7H,3-5H2,1-2H3,(H2,9,12). The van der Waals surface area contributed by atoms with Gasteiger partial charge in [0.1, 0.15) is 7.11 Å². The van der Waals surface area contributed by atoms with Crippen LogP contribution in [0.15, 0.2) is 5.16 Å². The first-order valence-corrected chi connectivity index (χ1v) is 4.31. The molecule has 1 rings (SSSR count). The van der Waals surface area contributed by atoms with Gasteiger partial charge in [-0.1, -0.05) is 12.1 Å². The molecule has 13 heavy (non-hydrogen) atoms. The summed E-state index contributed by atoms with van der Waals surface area (Å²) in [5.41, 5.74) is 6.13. The summed E-state index contributed by atoms with van der Waals surface area (Å²) in [6.07, 6.45) is 0.594. The molecule has 1 amide bonds. The van der Waals surface area contributed by atoms with Gasteiger partial charge in [0.05, 0.1) is 11.8 Å². The van der Waals surface area contributed by atoms with Crippen molar-refractivity contribution in [2.24, 2.45) is 10.9 Å². The van der Waals surface area contributed by atoms with Gasteiger partial charge >= 0.3 is 0 Å². The molecule has 1 heterocycles. The van der Waals surface area contributed by atoms with Crippen LogP contribution in [0.3, 0.4) is 0 Å². The van der Waals surface area contributed by atoms with Crippen LogP contribution in [0.1, 0.15) is 13.3 Å². The Labute approximate surface area is 77.5 Å². The van der Waals surface area contributed by atoms with Gasteiger partial charge in [-0.15, -0.1) is 0 Å². The van der Waals surface area contributed by atoms with E-state index in [0.29, 0.717) is 13.0 Å². The van der Waals surface area contributed by atoms with E-state index in [1.807, 2.05) is 11.8 Å². The van der Waals surface area contributed by atoms with Crippen LogP contribution in [0, 0.1) is 0 Å². The molecular formula is C8H15N3O2. The number of likely N-dealkylation sites (tertiary alicyclic amines) is 1. The lowest BCUT2D eigenvalue weighted by molar-refractivity contribution is -0.122. The summed E-state index contributed by atoms with van der Waals surface area (Å²) in [5.74, 6) is -0.289. The number of carbonyl (C=O) groups excluding carboxylic acids is 1. The third-order valence-electron chi connectivity index (χ3n) is 2.21. The zero-order chi connectivity index (χ0) is 9.84. The Morgan fingerprint density at radius 3 is 2.92 bits per heavy atom.